The first-order chi connectivity index (χ1) is 19.1. The maximum atomic E-state index is 13.4. The molecule has 0 spiro atoms. The molecule has 1 saturated carbocycles. The third-order valence-corrected chi connectivity index (χ3v) is 7.93. The number of carbonyl (C=O) groups is 4. The minimum atomic E-state index is -1.55. The van der Waals surface area contributed by atoms with Gasteiger partial charge in [0.25, 0.3) is 0 Å². The second-order valence-corrected chi connectivity index (χ2v) is 10.5. The Bertz CT molecular complexity index is 1380. The van der Waals surface area contributed by atoms with E-state index < -0.39 is 53.5 Å². The maximum absolute atomic E-state index is 13.4. The third kappa shape index (κ3) is 6.02. The molecule has 1 amide bonds. The van der Waals surface area contributed by atoms with Gasteiger partial charge < -0.3 is 20.3 Å². The van der Waals surface area contributed by atoms with Gasteiger partial charge in [0.05, 0.1) is 30.8 Å². The fourth-order valence-electron chi connectivity index (χ4n) is 5.55. The van der Waals surface area contributed by atoms with Crippen LogP contribution < -0.4 is 5.32 Å². The molecule has 1 aliphatic rings. The van der Waals surface area contributed by atoms with Crippen molar-refractivity contribution in [3.63, 3.8) is 0 Å². The Balaban J connectivity index is 1.61. The number of nitrogens with one attached hydrogen (secondary N) is 1. The van der Waals surface area contributed by atoms with Crippen molar-refractivity contribution in [3.05, 3.63) is 95.0 Å². The van der Waals surface area contributed by atoms with Crippen LogP contribution in [0.5, 0.6) is 0 Å². The highest BCUT2D eigenvalue weighted by molar-refractivity contribution is 6.30. The number of hydrogen-bond donors (Lipinski definition) is 3. The molecule has 0 heterocycles. The molecule has 9 heteroatoms. The van der Waals surface area contributed by atoms with Crippen LogP contribution in [0.2, 0.25) is 5.02 Å². The SMILES string of the molecule is COC(=O)[C@@H]1[C@@H](C(=O)O)[C@H](C(=O)O)[C@@H]1C(=O)N[C@@H](C)[C@H](Cc1ccc(Cl)cc1)c1ccc(-c2ccccc2)cc1. The van der Waals surface area contributed by atoms with Crippen LogP contribution >= 0.6 is 11.6 Å². The lowest BCUT2D eigenvalue weighted by atomic mass is 9.56. The highest BCUT2D eigenvalue weighted by Gasteiger charge is 2.64. The number of aliphatic carboxylic acids is 2. The fraction of sp³-hybridized carbons (Fsp3) is 0.290. The molecule has 0 bridgehead atoms. The normalized spacial score (nSPS) is 21.4. The van der Waals surface area contributed by atoms with Crippen molar-refractivity contribution < 1.29 is 34.1 Å². The molecule has 1 aliphatic carbocycles. The molecule has 6 atom stereocenters. The summed E-state index contributed by atoms with van der Waals surface area (Å²) in [6, 6.07) is 24.8. The number of ether oxygens (including phenoxy) is 1. The van der Waals surface area contributed by atoms with Gasteiger partial charge in [-0.15, -0.1) is 0 Å². The van der Waals surface area contributed by atoms with E-state index in [0.29, 0.717) is 11.4 Å². The number of hydrogen-bond acceptors (Lipinski definition) is 5. The average Bonchev–Trinajstić information content (AvgIpc) is 2.92. The Morgan fingerprint density at radius 1 is 0.800 bits per heavy atom. The van der Waals surface area contributed by atoms with Crippen LogP contribution in [0, 0.1) is 23.7 Å². The van der Waals surface area contributed by atoms with Gasteiger partial charge in [0.15, 0.2) is 0 Å². The summed E-state index contributed by atoms with van der Waals surface area (Å²) in [4.78, 5) is 49.5. The first kappa shape index (κ1) is 28.8. The van der Waals surface area contributed by atoms with Gasteiger partial charge in [-0.05, 0) is 47.7 Å². The Morgan fingerprint density at radius 2 is 1.35 bits per heavy atom. The summed E-state index contributed by atoms with van der Waals surface area (Å²) in [6.45, 7) is 1.81. The Morgan fingerprint density at radius 3 is 1.90 bits per heavy atom. The summed E-state index contributed by atoms with van der Waals surface area (Å²) < 4.78 is 4.72. The first-order valence-corrected chi connectivity index (χ1v) is 13.2. The molecule has 0 aromatic heterocycles. The van der Waals surface area contributed by atoms with Crippen molar-refractivity contribution in [3.8, 4) is 11.1 Å². The van der Waals surface area contributed by atoms with Crippen molar-refractivity contribution >= 4 is 35.4 Å². The Hall–Kier alpha value is -4.17. The summed E-state index contributed by atoms with van der Waals surface area (Å²) in [5.41, 5.74) is 4.02. The maximum Gasteiger partial charge on any atom is 0.310 e. The van der Waals surface area contributed by atoms with Gasteiger partial charge in [-0.3, -0.25) is 19.2 Å². The molecule has 3 aromatic carbocycles. The van der Waals surface area contributed by atoms with Crippen LogP contribution in [0.25, 0.3) is 11.1 Å². The number of rotatable bonds is 10. The van der Waals surface area contributed by atoms with E-state index in [1.54, 1.807) is 19.1 Å². The molecule has 0 aliphatic heterocycles. The zero-order chi connectivity index (χ0) is 29.0. The van der Waals surface area contributed by atoms with Crippen LogP contribution in [0.4, 0.5) is 0 Å². The second-order valence-electron chi connectivity index (χ2n) is 10.0. The summed E-state index contributed by atoms with van der Waals surface area (Å²) in [5, 5.41) is 22.7. The monoisotopic (exact) mass is 563 g/mol. The Kier molecular flexibility index (Phi) is 8.90. The standard InChI is InChI=1S/C31H30ClNO7/c1-17(33-28(34)24-25(29(35)36)26(30(37)38)27(24)31(39)40-2)23(16-18-8-14-22(32)15-9-18)21-12-10-20(11-13-21)19-6-4-3-5-7-19/h3-15,17,23-27H,16H2,1-2H3,(H,33,34)(H,35,36)(H,37,38)/t17-,23-,24-,25+,26-,27-/m0/s1. The molecule has 0 radical (unpaired) electrons. The van der Waals surface area contributed by atoms with Gasteiger partial charge in [-0.1, -0.05) is 78.3 Å². The number of halogens is 1. The van der Waals surface area contributed by atoms with Gasteiger partial charge >= 0.3 is 17.9 Å². The van der Waals surface area contributed by atoms with E-state index in [0.717, 1.165) is 29.4 Å². The van der Waals surface area contributed by atoms with E-state index in [1.165, 1.54) is 0 Å². The van der Waals surface area contributed by atoms with Crippen molar-refractivity contribution in [2.75, 3.05) is 7.11 Å². The zero-order valence-electron chi connectivity index (χ0n) is 22.0. The summed E-state index contributed by atoms with van der Waals surface area (Å²) >= 11 is 6.07. The number of carbonyl (C=O) groups excluding carboxylic acids is 2. The van der Waals surface area contributed by atoms with Crippen molar-refractivity contribution in [2.45, 2.75) is 25.3 Å². The molecule has 1 fully saturated rings. The Labute approximate surface area is 236 Å². The van der Waals surface area contributed by atoms with Gasteiger partial charge in [0, 0.05) is 17.0 Å². The van der Waals surface area contributed by atoms with Crippen LogP contribution in [-0.4, -0.2) is 47.2 Å². The summed E-state index contributed by atoms with van der Waals surface area (Å²) in [7, 11) is 1.08. The number of amides is 1. The lowest BCUT2D eigenvalue weighted by Crippen LogP contribution is -2.63. The summed E-state index contributed by atoms with van der Waals surface area (Å²) in [6.07, 6.45) is 0.536. The predicted octanol–water partition coefficient (Wildman–Crippen LogP) is 4.66. The number of carboxylic acid groups (broad SMARTS) is 2. The molecule has 208 valence electrons. The van der Waals surface area contributed by atoms with Gasteiger partial charge in [-0.25, -0.2) is 0 Å². The van der Waals surface area contributed by atoms with Crippen molar-refractivity contribution in [2.24, 2.45) is 23.7 Å². The van der Waals surface area contributed by atoms with Gasteiger partial charge in [0.2, 0.25) is 5.91 Å². The molecule has 4 rings (SSSR count). The molecule has 3 N–H and O–H groups in total. The van der Waals surface area contributed by atoms with E-state index in [-0.39, 0.29) is 5.92 Å². The average molecular weight is 564 g/mol. The first-order valence-electron chi connectivity index (χ1n) is 12.9. The lowest BCUT2D eigenvalue weighted by molar-refractivity contribution is -0.188. The van der Waals surface area contributed by atoms with E-state index in [4.69, 9.17) is 16.3 Å². The van der Waals surface area contributed by atoms with Crippen LogP contribution in [-0.2, 0) is 30.3 Å². The number of benzene rings is 3. The number of carboxylic acids is 2. The van der Waals surface area contributed by atoms with E-state index in [9.17, 15) is 29.4 Å². The largest absolute Gasteiger partial charge is 0.481 e. The summed E-state index contributed by atoms with van der Waals surface area (Å²) in [5.74, 6) is -10.6. The minimum absolute atomic E-state index is 0.231. The molecule has 3 aromatic rings. The van der Waals surface area contributed by atoms with Gasteiger partial charge in [-0.2, -0.15) is 0 Å². The predicted molar refractivity (Wildman–Crippen MR) is 149 cm³/mol. The molecule has 40 heavy (non-hydrogen) atoms. The second kappa shape index (κ2) is 12.3. The van der Waals surface area contributed by atoms with E-state index >= 15 is 0 Å². The van der Waals surface area contributed by atoms with Crippen LogP contribution in [0.3, 0.4) is 0 Å². The third-order valence-electron chi connectivity index (χ3n) is 7.68. The van der Waals surface area contributed by atoms with E-state index in [1.807, 2.05) is 66.7 Å². The molecular formula is C31H30ClNO7. The van der Waals surface area contributed by atoms with Crippen molar-refractivity contribution in [1.82, 2.24) is 5.32 Å². The highest BCUT2D eigenvalue weighted by atomic mass is 35.5. The molecule has 8 nitrogen and oxygen atoms in total. The molecule has 0 saturated heterocycles. The van der Waals surface area contributed by atoms with Crippen molar-refractivity contribution in [1.29, 1.82) is 0 Å². The molecular weight excluding hydrogens is 534 g/mol. The van der Waals surface area contributed by atoms with E-state index in [2.05, 4.69) is 5.32 Å². The van der Waals surface area contributed by atoms with Crippen LogP contribution in [0.15, 0.2) is 78.9 Å². The lowest BCUT2D eigenvalue weighted by Gasteiger charge is -2.45. The number of methoxy groups -OCH3 is 1. The molecule has 0 unspecified atom stereocenters. The smallest absolute Gasteiger partial charge is 0.310 e. The fourth-order valence-corrected chi connectivity index (χ4v) is 5.68. The quantitative estimate of drug-likeness (QED) is 0.306. The topological polar surface area (TPSA) is 130 Å². The van der Waals surface area contributed by atoms with Crippen LogP contribution in [0.1, 0.15) is 24.0 Å². The minimum Gasteiger partial charge on any atom is -0.481 e. The zero-order valence-corrected chi connectivity index (χ0v) is 22.7. The number of esters is 1. The highest BCUT2D eigenvalue weighted by Crippen LogP contribution is 2.47. The van der Waals surface area contributed by atoms with Gasteiger partial charge in [0.1, 0.15) is 0 Å².